The van der Waals surface area contributed by atoms with Gasteiger partial charge in [0.05, 0.1) is 5.52 Å². The maximum atomic E-state index is 11.0. The third-order valence-corrected chi connectivity index (χ3v) is 3.81. The number of benzene rings is 1. The van der Waals surface area contributed by atoms with Crippen molar-refractivity contribution in [3.8, 4) is 5.75 Å². The van der Waals surface area contributed by atoms with Crippen molar-refractivity contribution in [1.82, 2.24) is 4.98 Å². The Morgan fingerprint density at radius 2 is 2.10 bits per heavy atom. The van der Waals surface area contributed by atoms with Crippen LogP contribution in [-0.2, 0) is 6.61 Å². The topological polar surface area (TPSA) is 59.4 Å². The van der Waals surface area contributed by atoms with Crippen LogP contribution in [0, 0.1) is 0 Å². The average molecular weight is 285 g/mol. The SMILES string of the molecule is O=C(O)c1sccc1OCc1cccc2cccnc12. The Hall–Kier alpha value is -2.40. The van der Waals surface area contributed by atoms with Gasteiger partial charge in [-0.2, -0.15) is 0 Å². The number of carbonyl (C=O) groups is 1. The summed E-state index contributed by atoms with van der Waals surface area (Å²) in [5.74, 6) is -0.568. The second-order valence-electron chi connectivity index (χ2n) is 4.20. The summed E-state index contributed by atoms with van der Waals surface area (Å²) >= 11 is 1.16. The first kappa shape index (κ1) is 12.6. The van der Waals surface area contributed by atoms with Crippen LogP contribution in [0.15, 0.2) is 48.0 Å². The molecular formula is C15H11NO3S. The third kappa shape index (κ3) is 2.35. The maximum absolute atomic E-state index is 11.0. The summed E-state index contributed by atoms with van der Waals surface area (Å²) in [6.45, 7) is 0.297. The van der Waals surface area contributed by atoms with E-state index in [9.17, 15) is 4.79 Å². The fraction of sp³-hybridized carbons (Fsp3) is 0.0667. The van der Waals surface area contributed by atoms with E-state index < -0.39 is 5.97 Å². The van der Waals surface area contributed by atoms with E-state index >= 15 is 0 Å². The number of para-hydroxylation sites is 1. The van der Waals surface area contributed by atoms with Gasteiger partial charge in [-0.05, 0) is 17.5 Å². The first-order valence-corrected chi connectivity index (χ1v) is 6.90. The standard InChI is InChI=1S/C15H11NO3S/c17-15(18)14-12(6-8-20-14)19-9-11-4-1-3-10-5-2-7-16-13(10)11/h1-8H,9H2,(H,17,18). The van der Waals surface area contributed by atoms with Crippen molar-refractivity contribution in [3.05, 3.63) is 58.4 Å². The number of thiophene rings is 1. The van der Waals surface area contributed by atoms with Crippen LogP contribution >= 0.6 is 11.3 Å². The van der Waals surface area contributed by atoms with Gasteiger partial charge in [-0.25, -0.2) is 4.79 Å². The molecule has 4 nitrogen and oxygen atoms in total. The van der Waals surface area contributed by atoms with Crippen LogP contribution in [0.5, 0.6) is 5.75 Å². The third-order valence-electron chi connectivity index (χ3n) is 2.92. The number of fused-ring (bicyclic) bond motifs is 1. The molecule has 0 aliphatic carbocycles. The Labute approximate surface area is 119 Å². The summed E-state index contributed by atoms with van der Waals surface area (Å²) in [5.41, 5.74) is 1.81. The molecule has 0 spiro atoms. The molecule has 100 valence electrons. The zero-order valence-corrected chi connectivity index (χ0v) is 11.3. The van der Waals surface area contributed by atoms with E-state index in [4.69, 9.17) is 9.84 Å². The van der Waals surface area contributed by atoms with Crippen LogP contribution in [0.4, 0.5) is 0 Å². The second kappa shape index (κ2) is 5.30. The van der Waals surface area contributed by atoms with Gasteiger partial charge in [0.15, 0.2) is 4.88 Å². The molecule has 0 saturated heterocycles. The molecule has 0 unspecified atom stereocenters. The normalized spacial score (nSPS) is 10.6. The van der Waals surface area contributed by atoms with E-state index in [-0.39, 0.29) is 4.88 Å². The van der Waals surface area contributed by atoms with Gasteiger partial charge < -0.3 is 9.84 Å². The number of pyridine rings is 1. The lowest BCUT2D eigenvalue weighted by atomic mass is 10.1. The van der Waals surface area contributed by atoms with Gasteiger partial charge in [0, 0.05) is 17.1 Å². The Balaban J connectivity index is 1.87. The van der Waals surface area contributed by atoms with Crippen LogP contribution in [0.1, 0.15) is 15.2 Å². The quantitative estimate of drug-likeness (QED) is 0.796. The number of aromatic nitrogens is 1. The average Bonchev–Trinajstić information content (AvgIpc) is 2.93. The zero-order chi connectivity index (χ0) is 13.9. The van der Waals surface area contributed by atoms with Crippen LogP contribution in [-0.4, -0.2) is 16.1 Å². The minimum absolute atomic E-state index is 0.221. The fourth-order valence-electron chi connectivity index (χ4n) is 2.01. The molecule has 3 aromatic rings. The van der Waals surface area contributed by atoms with Gasteiger partial charge in [-0.3, -0.25) is 4.98 Å². The monoisotopic (exact) mass is 285 g/mol. The molecule has 2 heterocycles. The number of carboxylic acids is 1. The van der Waals surface area contributed by atoms with Crippen molar-refractivity contribution in [2.75, 3.05) is 0 Å². The molecule has 5 heteroatoms. The summed E-state index contributed by atoms with van der Waals surface area (Å²) in [6.07, 6.45) is 1.74. The number of aromatic carboxylic acids is 1. The summed E-state index contributed by atoms with van der Waals surface area (Å²) in [6, 6.07) is 11.4. The van der Waals surface area contributed by atoms with Crippen LogP contribution in [0.2, 0.25) is 0 Å². The molecule has 0 aliphatic heterocycles. The van der Waals surface area contributed by atoms with Gasteiger partial charge in [0.1, 0.15) is 12.4 Å². The van der Waals surface area contributed by atoms with E-state index in [0.717, 1.165) is 27.8 Å². The molecule has 1 N–H and O–H groups in total. The first-order valence-electron chi connectivity index (χ1n) is 6.02. The molecule has 0 aliphatic rings. The van der Waals surface area contributed by atoms with Gasteiger partial charge >= 0.3 is 5.97 Å². The summed E-state index contributed by atoms with van der Waals surface area (Å²) in [5, 5.41) is 11.8. The number of rotatable bonds is 4. The minimum atomic E-state index is -0.967. The van der Waals surface area contributed by atoms with E-state index in [0.29, 0.717) is 12.4 Å². The molecule has 3 rings (SSSR count). The highest BCUT2D eigenvalue weighted by Crippen LogP contribution is 2.26. The van der Waals surface area contributed by atoms with Crippen LogP contribution < -0.4 is 4.74 Å². The Kier molecular flexibility index (Phi) is 3.35. The van der Waals surface area contributed by atoms with E-state index in [1.807, 2.05) is 30.3 Å². The zero-order valence-electron chi connectivity index (χ0n) is 10.4. The number of carboxylic acid groups (broad SMARTS) is 1. The maximum Gasteiger partial charge on any atom is 0.349 e. The van der Waals surface area contributed by atoms with Gasteiger partial charge in [-0.1, -0.05) is 24.3 Å². The van der Waals surface area contributed by atoms with E-state index in [1.165, 1.54) is 0 Å². The highest BCUT2D eigenvalue weighted by atomic mass is 32.1. The smallest absolute Gasteiger partial charge is 0.349 e. The Morgan fingerprint density at radius 3 is 2.95 bits per heavy atom. The van der Waals surface area contributed by atoms with Crippen LogP contribution in [0.25, 0.3) is 10.9 Å². The second-order valence-corrected chi connectivity index (χ2v) is 5.12. The van der Waals surface area contributed by atoms with E-state index in [2.05, 4.69) is 4.98 Å². The highest BCUT2D eigenvalue weighted by molar-refractivity contribution is 7.12. The molecule has 0 saturated carbocycles. The number of ether oxygens (including phenoxy) is 1. The van der Waals surface area contributed by atoms with Gasteiger partial charge in [0.2, 0.25) is 0 Å². The van der Waals surface area contributed by atoms with Crippen molar-refractivity contribution in [3.63, 3.8) is 0 Å². The summed E-state index contributed by atoms with van der Waals surface area (Å²) in [4.78, 5) is 15.6. The molecule has 0 radical (unpaired) electrons. The van der Waals surface area contributed by atoms with Crippen molar-refractivity contribution in [2.24, 2.45) is 0 Å². The minimum Gasteiger partial charge on any atom is -0.487 e. The number of hydrogen-bond acceptors (Lipinski definition) is 4. The molecule has 2 aromatic heterocycles. The van der Waals surface area contributed by atoms with Crippen molar-refractivity contribution in [1.29, 1.82) is 0 Å². The molecule has 0 amide bonds. The van der Waals surface area contributed by atoms with Gasteiger partial charge in [-0.15, -0.1) is 11.3 Å². The largest absolute Gasteiger partial charge is 0.487 e. The molecule has 0 bridgehead atoms. The summed E-state index contributed by atoms with van der Waals surface area (Å²) < 4.78 is 5.62. The lowest BCUT2D eigenvalue weighted by Gasteiger charge is -2.07. The molecule has 0 fully saturated rings. The highest BCUT2D eigenvalue weighted by Gasteiger charge is 2.13. The van der Waals surface area contributed by atoms with E-state index in [1.54, 1.807) is 17.6 Å². The first-order chi connectivity index (χ1) is 9.75. The fourth-order valence-corrected chi connectivity index (χ4v) is 2.68. The lowest BCUT2D eigenvalue weighted by molar-refractivity contribution is 0.0697. The van der Waals surface area contributed by atoms with Crippen molar-refractivity contribution < 1.29 is 14.6 Å². The molecular weight excluding hydrogens is 274 g/mol. The number of hydrogen-bond donors (Lipinski definition) is 1. The van der Waals surface area contributed by atoms with Gasteiger partial charge in [0.25, 0.3) is 0 Å². The Morgan fingerprint density at radius 1 is 1.25 bits per heavy atom. The number of nitrogens with zero attached hydrogens (tertiary/aromatic N) is 1. The molecule has 1 aromatic carbocycles. The van der Waals surface area contributed by atoms with Crippen LogP contribution in [0.3, 0.4) is 0 Å². The van der Waals surface area contributed by atoms with Crippen molar-refractivity contribution in [2.45, 2.75) is 6.61 Å². The summed E-state index contributed by atoms with van der Waals surface area (Å²) in [7, 11) is 0. The predicted molar refractivity (Wildman–Crippen MR) is 77.4 cm³/mol. The lowest BCUT2D eigenvalue weighted by Crippen LogP contribution is -2.01. The predicted octanol–water partition coefficient (Wildman–Crippen LogP) is 3.57. The van der Waals surface area contributed by atoms with Crippen molar-refractivity contribution >= 4 is 28.2 Å². The Bertz CT molecular complexity index is 761. The molecule has 20 heavy (non-hydrogen) atoms. The molecule has 0 atom stereocenters.